The van der Waals surface area contributed by atoms with Gasteiger partial charge >= 0.3 is 0 Å². The quantitative estimate of drug-likeness (QED) is 0.522. The number of hydrogen-bond donors (Lipinski definition) is 2. The molecular weight excluding hydrogens is 484 g/mol. The van der Waals surface area contributed by atoms with Crippen molar-refractivity contribution in [2.24, 2.45) is 11.8 Å². The summed E-state index contributed by atoms with van der Waals surface area (Å²) in [5, 5.41) is 5.72. The second-order valence-corrected chi connectivity index (χ2v) is 11.6. The molecule has 6 rings (SSSR count). The predicted octanol–water partition coefficient (Wildman–Crippen LogP) is 0.531. The van der Waals surface area contributed by atoms with Gasteiger partial charge in [-0.1, -0.05) is 0 Å². The second kappa shape index (κ2) is 10.7. The summed E-state index contributed by atoms with van der Waals surface area (Å²) in [4.78, 5) is 58.6. The van der Waals surface area contributed by atoms with Crippen LogP contribution >= 0.6 is 0 Å². The van der Waals surface area contributed by atoms with Crippen molar-refractivity contribution >= 4 is 29.3 Å². The molecule has 1 aromatic rings. The summed E-state index contributed by atoms with van der Waals surface area (Å²) in [7, 11) is 0. The average molecular weight is 523 g/mol. The van der Waals surface area contributed by atoms with E-state index in [4.69, 9.17) is 0 Å². The molecule has 0 saturated carbocycles. The minimum atomic E-state index is -0.930. The number of fused-ring (bicyclic) bond motifs is 1. The van der Waals surface area contributed by atoms with Crippen molar-refractivity contribution in [3.8, 4) is 0 Å². The molecule has 0 aliphatic carbocycles. The Balaban J connectivity index is 1.01. The first-order valence-corrected chi connectivity index (χ1v) is 14.2. The van der Waals surface area contributed by atoms with Crippen molar-refractivity contribution in [3.63, 3.8) is 0 Å². The van der Waals surface area contributed by atoms with E-state index in [1.807, 2.05) is 6.07 Å². The van der Waals surface area contributed by atoms with E-state index in [9.17, 15) is 19.2 Å². The van der Waals surface area contributed by atoms with Crippen molar-refractivity contribution in [2.75, 3.05) is 70.3 Å². The Hall–Kier alpha value is -2.82. The number of carbonyl (C=O) groups is 4. The molecule has 5 aliphatic heterocycles. The van der Waals surface area contributed by atoms with Crippen LogP contribution in [0.1, 0.15) is 52.8 Å². The van der Waals surface area contributed by atoms with Gasteiger partial charge in [0, 0.05) is 64.5 Å². The number of benzene rings is 1. The van der Waals surface area contributed by atoms with Gasteiger partial charge in [0.1, 0.15) is 6.04 Å². The van der Waals surface area contributed by atoms with Gasteiger partial charge in [0.15, 0.2) is 0 Å². The second-order valence-electron chi connectivity index (χ2n) is 11.6. The Labute approximate surface area is 223 Å². The fourth-order valence-corrected chi connectivity index (χ4v) is 6.78. The molecule has 5 aliphatic rings. The summed E-state index contributed by atoms with van der Waals surface area (Å²) < 4.78 is 0. The molecule has 2 atom stereocenters. The minimum Gasteiger partial charge on any atom is -0.371 e. The average Bonchev–Trinajstić information content (AvgIpc) is 3.52. The van der Waals surface area contributed by atoms with Crippen molar-refractivity contribution in [1.29, 1.82) is 0 Å². The molecule has 0 bridgehead atoms. The molecule has 204 valence electrons. The zero-order valence-electron chi connectivity index (χ0n) is 22.0. The van der Waals surface area contributed by atoms with Crippen LogP contribution in [0.2, 0.25) is 0 Å². The molecule has 10 heteroatoms. The Kier molecular flexibility index (Phi) is 7.20. The third kappa shape index (κ3) is 5.09. The van der Waals surface area contributed by atoms with Crippen molar-refractivity contribution in [2.45, 2.75) is 38.1 Å². The molecule has 4 amide bonds. The lowest BCUT2D eigenvalue weighted by Gasteiger charge is -2.40. The molecule has 0 aromatic heterocycles. The van der Waals surface area contributed by atoms with E-state index in [1.54, 1.807) is 12.1 Å². The Bertz CT molecular complexity index is 1100. The highest BCUT2D eigenvalue weighted by molar-refractivity contribution is 6.23. The molecule has 5 heterocycles. The van der Waals surface area contributed by atoms with Crippen molar-refractivity contribution in [1.82, 2.24) is 25.3 Å². The maximum atomic E-state index is 13.2. The van der Waals surface area contributed by atoms with E-state index in [1.165, 1.54) is 39.1 Å². The smallest absolute Gasteiger partial charge is 0.262 e. The van der Waals surface area contributed by atoms with Crippen LogP contribution < -0.4 is 15.5 Å². The van der Waals surface area contributed by atoms with Crippen LogP contribution in [0.25, 0.3) is 0 Å². The van der Waals surface area contributed by atoms with Crippen LogP contribution in [0.5, 0.6) is 0 Å². The number of rotatable bonds is 6. The number of nitrogens with zero attached hydrogens (tertiary/aromatic N) is 4. The molecule has 0 spiro atoms. The number of piperidine rings is 2. The number of nitrogens with one attached hydrogen (secondary N) is 2. The van der Waals surface area contributed by atoms with Gasteiger partial charge < -0.3 is 20.0 Å². The van der Waals surface area contributed by atoms with Crippen LogP contribution in [0.15, 0.2) is 18.2 Å². The molecule has 1 unspecified atom stereocenters. The molecule has 0 radical (unpaired) electrons. The first-order valence-electron chi connectivity index (χ1n) is 14.2. The van der Waals surface area contributed by atoms with E-state index in [0.717, 1.165) is 62.1 Å². The lowest BCUT2D eigenvalue weighted by Crippen LogP contribution is -2.54. The Morgan fingerprint density at radius 1 is 0.763 bits per heavy atom. The van der Waals surface area contributed by atoms with E-state index in [-0.39, 0.29) is 18.7 Å². The van der Waals surface area contributed by atoms with Gasteiger partial charge in [-0.05, 0) is 68.8 Å². The zero-order valence-corrected chi connectivity index (χ0v) is 22.0. The zero-order chi connectivity index (χ0) is 26.2. The fraction of sp³-hybridized carbons (Fsp3) is 0.643. The van der Waals surface area contributed by atoms with E-state index >= 15 is 0 Å². The monoisotopic (exact) mass is 522 g/mol. The van der Waals surface area contributed by atoms with Crippen LogP contribution in [-0.2, 0) is 9.59 Å². The first kappa shape index (κ1) is 25.5. The summed E-state index contributed by atoms with van der Waals surface area (Å²) >= 11 is 0. The number of hydrogen-bond acceptors (Lipinski definition) is 8. The lowest BCUT2D eigenvalue weighted by molar-refractivity contribution is -0.136. The number of carbonyl (C=O) groups excluding carboxylic acids is 4. The van der Waals surface area contributed by atoms with Crippen LogP contribution in [-0.4, -0.2) is 110 Å². The minimum absolute atomic E-state index is 0.123. The SMILES string of the molecule is O=C1CCC(N2C(=O)c3ccc(N4CCC(CN5CCN(C[C@H]6CCNC6)CC5)CC4)cc3C2=O)C(=O)N1. The summed E-state index contributed by atoms with van der Waals surface area (Å²) in [5.41, 5.74) is 1.63. The van der Waals surface area contributed by atoms with E-state index in [2.05, 4.69) is 25.3 Å². The maximum absolute atomic E-state index is 13.2. The van der Waals surface area contributed by atoms with Gasteiger partial charge in [-0.25, -0.2) is 0 Å². The van der Waals surface area contributed by atoms with E-state index in [0.29, 0.717) is 17.0 Å². The topological polar surface area (TPSA) is 105 Å². The Morgan fingerprint density at radius 2 is 1.45 bits per heavy atom. The largest absolute Gasteiger partial charge is 0.371 e. The van der Waals surface area contributed by atoms with Crippen LogP contribution in [0.3, 0.4) is 0 Å². The van der Waals surface area contributed by atoms with Gasteiger partial charge in [0.25, 0.3) is 11.8 Å². The lowest BCUT2D eigenvalue weighted by atomic mass is 9.95. The molecule has 4 fully saturated rings. The first-order chi connectivity index (χ1) is 18.5. The molecule has 10 nitrogen and oxygen atoms in total. The highest BCUT2D eigenvalue weighted by atomic mass is 16.2. The van der Waals surface area contributed by atoms with E-state index < -0.39 is 23.8 Å². The van der Waals surface area contributed by atoms with Crippen LogP contribution in [0.4, 0.5) is 5.69 Å². The van der Waals surface area contributed by atoms with Gasteiger partial charge in [0.05, 0.1) is 11.1 Å². The molecule has 2 N–H and O–H groups in total. The molecule has 4 saturated heterocycles. The Morgan fingerprint density at radius 3 is 2.11 bits per heavy atom. The number of imide groups is 2. The van der Waals surface area contributed by atoms with Gasteiger partial charge in [-0.15, -0.1) is 0 Å². The van der Waals surface area contributed by atoms with Gasteiger partial charge in [-0.2, -0.15) is 0 Å². The fourth-order valence-electron chi connectivity index (χ4n) is 6.78. The number of amides is 4. The molecule has 1 aromatic carbocycles. The number of anilines is 1. The standard InChI is InChI=1S/C28H38N6O4/c35-25-4-3-24(26(36)30-25)34-27(37)22-2-1-21(15-23(22)28(34)38)33-9-6-19(7-10-33)17-31-11-13-32(14-12-31)18-20-5-8-29-16-20/h1-2,15,19-20,24,29H,3-14,16-18H2,(H,30,35,36)/t20-,24?/m0/s1. The summed E-state index contributed by atoms with van der Waals surface area (Å²) in [6.07, 6.45) is 3.83. The van der Waals surface area contributed by atoms with Crippen molar-refractivity contribution in [3.05, 3.63) is 29.3 Å². The molecule has 38 heavy (non-hydrogen) atoms. The number of piperazine rings is 1. The predicted molar refractivity (Wildman–Crippen MR) is 142 cm³/mol. The summed E-state index contributed by atoms with van der Waals surface area (Å²) in [6, 6.07) is 4.50. The highest BCUT2D eigenvalue weighted by Gasteiger charge is 2.44. The van der Waals surface area contributed by atoms with Gasteiger partial charge in [0.2, 0.25) is 11.8 Å². The maximum Gasteiger partial charge on any atom is 0.262 e. The third-order valence-electron chi connectivity index (χ3n) is 9.06. The third-order valence-corrected chi connectivity index (χ3v) is 9.06. The van der Waals surface area contributed by atoms with Crippen molar-refractivity contribution < 1.29 is 19.2 Å². The summed E-state index contributed by atoms with van der Waals surface area (Å²) in [6.45, 7) is 11.3. The highest BCUT2D eigenvalue weighted by Crippen LogP contribution is 2.32. The summed E-state index contributed by atoms with van der Waals surface area (Å²) in [5.74, 6) is -0.348. The normalized spacial score (nSPS) is 27.8. The van der Waals surface area contributed by atoms with Crippen LogP contribution in [0, 0.1) is 11.8 Å². The molecular formula is C28H38N6O4. The van der Waals surface area contributed by atoms with Gasteiger partial charge in [-0.3, -0.25) is 29.4 Å².